The molecule has 0 saturated carbocycles. The van der Waals surface area contributed by atoms with Gasteiger partial charge < -0.3 is 44.2 Å². The highest BCUT2D eigenvalue weighted by Gasteiger charge is 2.48. The largest absolute Gasteiger partial charge is 0.507 e. The zero-order valence-electron chi connectivity index (χ0n) is 17.3. The molecule has 10 heteroatoms. The fourth-order valence-corrected chi connectivity index (χ4v) is 4.05. The summed E-state index contributed by atoms with van der Waals surface area (Å²) < 4.78 is 22.8. The second-order valence-corrected chi connectivity index (χ2v) is 8.53. The van der Waals surface area contributed by atoms with Crippen molar-refractivity contribution in [1.29, 1.82) is 0 Å². The van der Waals surface area contributed by atoms with Crippen LogP contribution >= 0.6 is 0 Å². The number of aliphatic hydroxyl groups excluding tert-OH is 4. The zero-order valence-corrected chi connectivity index (χ0v) is 17.3. The third kappa shape index (κ3) is 3.69. The van der Waals surface area contributed by atoms with Gasteiger partial charge in [0.2, 0.25) is 0 Å². The number of phenols is 1. The van der Waals surface area contributed by atoms with Gasteiger partial charge in [0.15, 0.2) is 11.7 Å². The Morgan fingerprint density at radius 2 is 1.87 bits per heavy atom. The Balaban J connectivity index is 1.59. The monoisotopic (exact) mass is 438 g/mol. The van der Waals surface area contributed by atoms with Crippen molar-refractivity contribution in [2.24, 2.45) is 0 Å². The molecule has 1 saturated heterocycles. The van der Waals surface area contributed by atoms with E-state index in [9.17, 15) is 30.3 Å². The van der Waals surface area contributed by atoms with Crippen molar-refractivity contribution < 1.29 is 44.2 Å². The molecule has 1 aromatic heterocycles. The van der Waals surface area contributed by atoms with E-state index in [1.807, 2.05) is 0 Å². The van der Waals surface area contributed by atoms with Crippen LogP contribution in [0.5, 0.6) is 11.5 Å². The Bertz CT molecular complexity index is 1040. The Morgan fingerprint density at radius 1 is 1.16 bits per heavy atom. The van der Waals surface area contributed by atoms with Gasteiger partial charge in [-0.05, 0) is 20.8 Å². The third-order valence-corrected chi connectivity index (χ3v) is 5.88. The maximum atomic E-state index is 12.3. The van der Waals surface area contributed by atoms with Crippen LogP contribution in [-0.2, 0) is 15.9 Å². The Kier molecular flexibility index (Phi) is 5.49. The van der Waals surface area contributed by atoms with Crippen LogP contribution in [0.4, 0.5) is 0 Å². The van der Waals surface area contributed by atoms with Crippen molar-refractivity contribution in [1.82, 2.24) is 0 Å². The first-order chi connectivity index (χ1) is 14.5. The van der Waals surface area contributed by atoms with E-state index >= 15 is 0 Å². The predicted octanol–water partition coefficient (Wildman–Crippen LogP) is -0.294. The molecule has 3 heterocycles. The molecule has 0 bridgehead atoms. The number of benzene rings is 1. The van der Waals surface area contributed by atoms with E-state index < -0.39 is 49.0 Å². The van der Waals surface area contributed by atoms with Crippen molar-refractivity contribution in [2.75, 3.05) is 6.61 Å². The van der Waals surface area contributed by atoms with E-state index in [0.29, 0.717) is 17.1 Å². The molecule has 2 aliphatic heterocycles. The Labute approximate surface area is 177 Å². The van der Waals surface area contributed by atoms with Gasteiger partial charge in [0.05, 0.1) is 6.61 Å². The van der Waals surface area contributed by atoms with Gasteiger partial charge in [-0.1, -0.05) is 0 Å². The molecule has 170 valence electrons. The first-order valence-electron chi connectivity index (χ1n) is 9.97. The number of aryl methyl sites for hydroxylation is 1. The minimum atomic E-state index is -1.57. The van der Waals surface area contributed by atoms with Crippen molar-refractivity contribution >= 4 is 11.0 Å². The van der Waals surface area contributed by atoms with Gasteiger partial charge in [-0.2, -0.15) is 0 Å². The lowest BCUT2D eigenvalue weighted by molar-refractivity contribution is -0.329. The van der Waals surface area contributed by atoms with E-state index in [-0.39, 0.29) is 28.6 Å². The number of hydrogen-bond donors (Lipinski definition) is 5. The van der Waals surface area contributed by atoms with E-state index in [1.165, 1.54) is 6.07 Å². The van der Waals surface area contributed by atoms with E-state index in [4.69, 9.17) is 18.6 Å². The van der Waals surface area contributed by atoms with E-state index in [2.05, 4.69) is 0 Å². The molecular formula is C21H26O10. The molecule has 2 aromatic rings. The van der Waals surface area contributed by atoms with Crippen LogP contribution < -0.4 is 10.2 Å². The van der Waals surface area contributed by atoms with Gasteiger partial charge >= 0.3 is 0 Å². The molecule has 4 rings (SSSR count). The lowest BCUT2D eigenvalue weighted by Crippen LogP contribution is -2.61. The van der Waals surface area contributed by atoms with Gasteiger partial charge in [0.1, 0.15) is 64.3 Å². The van der Waals surface area contributed by atoms with Crippen molar-refractivity contribution in [2.45, 2.75) is 69.6 Å². The first kappa shape index (κ1) is 22.0. The smallest absolute Gasteiger partial charge is 0.196 e. The van der Waals surface area contributed by atoms with E-state index in [0.717, 1.165) is 0 Å². The van der Waals surface area contributed by atoms with Crippen LogP contribution in [-0.4, -0.2) is 74.6 Å². The quantitative estimate of drug-likeness (QED) is 0.429. The Hall–Kier alpha value is -2.21. The molecule has 6 atom stereocenters. The van der Waals surface area contributed by atoms with Crippen LogP contribution in [0.15, 0.2) is 21.3 Å². The second kappa shape index (κ2) is 7.73. The summed E-state index contributed by atoms with van der Waals surface area (Å²) >= 11 is 0. The summed E-state index contributed by atoms with van der Waals surface area (Å²) in [5.74, 6) is 0.527. The van der Waals surface area contributed by atoms with Crippen LogP contribution in [0.25, 0.3) is 11.0 Å². The summed E-state index contributed by atoms with van der Waals surface area (Å²) in [6, 6.07) is 2.84. The predicted molar refractivity (Wildman–Crippen MR) is 106 cm³/mol. The molecule has 1 aromatic carbocycles. The molecule has 5 N–H and O–H groups in total. The summed E-state index contributed by atoms with van der Waals surface area (Å²) in [6.07, 6.45) is -7.49. The molecule has 31 heavy (non-hydrogen) atoms. The lowest BCUT2D eigenvalue weighted by atomic mass is 9.94. The highest BCUT2D eigenvalue weighted by atomic mass is 16.7. The SMILES string of the molecule is Cc1cc(=O)c2c(O)c3c(cc2o1)O[C@H](C(C)(C)O[C@@H]1O[C@@H](CO)[C@H](O)[C@@H](O)[C@@H]1O)C3. The number of ether oxygens (including phenoxy) is 3. The normalized spacial score (nSPS) is 30.9. The topological polar surface area (TPSA) is 159 Å². The number of aliphatic hydroxyl groups is 4. The molecule has 10 nitrogen and oxygen atoms in total. The minimum Gasteiger partial charge on any atom is -0.507 e. The summed E-state index contributed by atoms with van der Waals surface area (Å²) in [5.41, 5.74) is -0.827. The van der Waals surface area contributed by atoms with Crippen molar-refractivity contribution in [3.63, 3.8) is 0 Å². The maximum absolute atomic E-state index is 12.3. The molecule has 0 spiro atoms. The average Bonchev–Trinajstić information content (AvgIpc) is 3.13. The molecule has 0 amide bonds. The van der Waals surface area contributed by atoms with Gasteiger partial charge in [-0.15, -0.1) is 0 Å². The minimum absolute atomic E-state index is 0.0706. The molecule has 0 unspecified atom stereocenters. The number of phenolic OH excluding ortho intramolecular Hbond substituents is 1. The van der Waals surface area contributed by atoms with Crippen molar-refractivity contribution in [3.8, 4) is 11.5 Å². The standard InChI is InChI=1S/C21H26O10/c1-8-4-10(23)15-12(28-8)6-11-9(16(15)24)5-14(29-11)21(2,3)31-20-19(27)18(26)17(25)13(7-22)30-20/h4,6,13-14,17-20,22,24-27H,5,7H2,1-3H3/t13-,14-,17-,18+,19-,20-/m0/s1. The number of rotatable bonds is 4. The lowest BCUT2D eigenvalue weighted by Gasteiger charge is -2.43. The van der Waals surface area contributed by atoms with E-state index in [1.54, 1.807) is 26.8 Å². The number of aromatic hydroxyl groups is 1. The van der Waals surface area contributed by atoms with Crippen molar-refractivity contribution in [3.05, 3.63) is 33.7 Å². The number of hydrogen-bond acceptors (Lipinski definition) is 10. The molecule has 1 fully saturated rings. The summed E-state index contributed by atoms with van der Waals surface area (Å²) in [5, 5.41) is 50.3. The molecule has 2 aliphatic rings. The van der Waals surface area contributed by atoms with Crippen LogP contribution in [0.1, 0.15) is 25.2 Å². The fourth-order valence-electron chi connectivity index (χ4n) is 4.05. The maximum Gasteiger partial charge on any atom is 0.196 e. The first-order valence-corrected chi connectivity index (χ1v) is 9.97. The van der Waals surface area contributed by atoms with Crippen LogP contribution in [0.3, 0.4) is 0 Å². The van der Waals surface area contributed by atoms with Gasteiger partial charge in [0, 0.05) is 24.1 Å². The summed E-state index contributed by atoms with van der Waals surface area (Å²) in [4.78, 5) is 12.3. The van der Waals surface area contributed by atoms with Crippen LogP contribution in [0.2, 0.25) is 0 Å². The average molecular weight is 438 g/mol. The van der Waals surface area contributed by atoms with Gasteiger partial charge in [-0.25, -0.2) is 0 Å². The van der Waals surface area contributed by atoms with Crippen LogP contribution in [0, 0.1) is 6.92 Å². The van der Waals surface area contributed by atoms with Gasteiger partial charge in [0.25, 0.3) is 0 Å². The molecule has 0 radical (unpaired) electrons. The summed E-state index contributed by atoms with van der Waals surface area (Å²) in [6.45, 7) is 4.41. The highest BCUT2D eigenvalue weighted by molar-refractivity contribution is 5.87. The summed E-state index contributed by atoms with van der Waals surface area (Å²) in [7, 11) is 0. The Morgan fingerprint density at radius 3 is 2.55 bits per heavy atom. The number of fused-ring (bicyclic) bond motifs is 2. The highest BCUT2D eigenvalue weighted by Crippen LogP contribution is 2.43. The third-order valence-electron chi connectivity index (χ3n) is 5.88. The fraction of sp³-hybridized carbons (Fsp3) is 0.571. The zero-order chi connectivity index (χ0) is 22.7. The molecule has 0 aliphatic carbocycles. The molecular weight excluding hydrogens is 412 g/mol. The van der Waals surface area contributed by atoms with Gasteiger partial charge in [-0.3, -0.25) is 4.79 Å². The second-order valence-electron chi connectivity index (χ2n) is 8.53.